The van der Waals surface area contributed by atoms with Gasteiger partial charge in [0.05, 0.1) is 0 Å². The van der Waals surface area contributed by atoms with Gasteiger partial charge >= 0.3 is 0 Å². The average Bonchev–Trinajstić information content (AvgIpc) is 2.74. The lowest BCUT2D eigenvalue weighted by Gasteiger charge is -2.44. The number of rotatable bonds is 8. The topological polar surface area (TPSA) is 99.2 Å². The third-order valence-electron chi connectivity index (χ3n) is 5.66. The first-order valence-electron chi connectivity index (χ1n) is 11.2. The van der Waals surface area contributed by atoms with E-state index in [-0.39, 0.29) is 46.1 Å². The van der Waals surface area contributed by atoms with Crippen molar-refractivity contribution >= 4 is 27.5 Å². The van der Waals surface area contributed by atoms with Crippen LogP contribution >= 0.6 is 11.6 Å². The van der Waals surface area contributed by atoms with Crippen molar-refractivity contribution in [2.24, 2.45) is 0 Å². The van der Waals surface area contributed by atoms with Gasteiger partial charge in [-0.05, 0) is 63.6 Å². The van der Waals surface area contributed by atoms with Gasteiger partial charge in [0.1, 0.15) is 22.2 Å². The number of carbonyl (C=O) groups excluding carboxylic acids is 1. The van der Waals surface area contributed by atoms with Crippen LogP contribution in [-0.2, 0) is 21.4 Å². The second-order valence-corrected chi connectivity index (χ2v) is 11.4. The molecular weight excluding hydrogens is 497 g/mol. The number of hydrogen-bond acceptors (Lipinski definition) is 6. The molecule has 2 atom stereocenters. The fraction of sp³-hybridized carbons (Fsp3) is 0.458. The molecule has 1 fully saturated rings. The summed E-state index contributed by atoms with van der Waals surface area (Å²) in [4.78, 5) is 16.7. The van der Waals surface area contributed by atoms with Gasteiger partial charge < -0.3 is 14.7 Å². The molecule has 1 saturated heterocycles. The van der Waals surface area contributed by atoms with Crippen LogP contribution in [0.4, 0.5) is 4.39 Å². The molecule has 1 amide bonds. The van der Waals surface area contributed by atoms with E-state index in [1.54, 1.807) is 17.0 Å². The third-order valence-corrected chi connectivity index (χ3v) is 7.57. The molecular formula is C24H31ClFN3O5S. The van der Waals surface area contributed by atoms with Crippen LogP contribution in [0.1, 0.15) is 33.3 Å². The maximum absolute atomic E-state index is 13.2. The number of aliphatic hydroxyl groups is 1. The highest BCUT2D eigenvalue weighted by atomic mass is 35.5. The van der Waals surface area contributed by atoms with Gasteiger partial charge in [0.2, 0.25) is 10.0 Å². The maximum atomic E-state index is 13.2. The monoisotopic (exact) mass is 527 g/mol. The van der Waals surface area contributed by atoms with Crippen molar-refractivity contribution in [2.75, 3.05) is 19.7 Å². The number of hydrogen-bond donors (Lipinski definition) is 2. The Bertz CT molecular complexity index is 1150. The van der Waals surface area contributed by atoms with Crippen LogP contribution in [0.3, 0.4) is 0 Å². The summed E-state index contributed by atoms with van der Waals surface area (Å²) in [6.45, 7) is 7.91. The lowest BCUT2D eigenvalue weighted by molar-refractivity contribution is -0.139. The van der Waals surface area contributed by atoms with E-state index in [1.165, 1.54) is 44.2 Å². The van der Waals surface area contributed by atoms with Crippen LogP contribution in [0.5, 0.6) is 5.75 Å². The fourth-order valence-electron chi connectivity index (χ4n) is 4.01. The molecule has 1 aliphatic heterocycles. The lowest BCUT2D eigenvalue weighted by atomic mass is 10.1. The highest BCUT2D eigenvalue weighted by molar-refractivity contribution is 7.89. The first-order valence-corrected chi connectivity index (χ1v) is 13.1. The Morgan fingerprint density at radius 1 is 1.17 bits per heavy atom. The average molecular weight is 528 g/mol. The Balaban J connectivity index is 1.66. The minimum atomic E-state index is -4.17. The molecule has 2 unspecified atom stereocenters. The van der Waals surface area contributed by atoms with Crippen molar-refractivity contribution in [3.8, 4) is 5.75 Å². The molecule has 0 saturated carbocycles. The summed E-state index contributed by atoms with van der Waals surface area (Å²) in [6.07, 6.45) is 0. The molecule has 1 aliphatic rings. The van der Waals surface area contributed by atoms with Gasteiger partial charge in [0.25, 0.3) is 5.91 Å². The minimum absolute atomic E-state index is 0.0462. The van der Waals surface area contributed by atoms with E-state index in [2.05, 4.69) is 9.62 Å². The molecule has 0 aromatic heterocycles. The van der Waals surface area contributed by atoms with Crippen molar-refractivity contribution in [3.05, 3.63) is 58.9 Å². The van der Waals surface area contributed by atoms with Crippen LogP contribution in [0.2, 0.25) is 5.02 Å². The summed E-state index contributed by atoms with van der Waals surface area (Å²) < 4.78 is 46.4. The molecule has 0 radical (unpaired) electrons. The number of amides is 1. The summed E-state index contributed by atoms with van der Waals surface area (Å²) in [5.74, 6) is -0.604. The molecule has 0 aliphatic carbocycles. The molecule has 8 nitrogen and oxygen atoms in total. The predicted molar refractivity (Wildman–Crippen MR) is 131 cm³/mol. The highest BCUT2D eigenvalue weighted by Gasteiger charge is 2.33. The van der Waals surface area contributed by atoms with Crippen molar-refractivity contribution in [3.63, 3.8) is 0 Å². The van der Waals surface area contributed by atoms with E-state index in [0.717, 1.165) is 5.56 Å². The molecule has 2 N–H and O–H groups in total. The molecule has 0 spiro atoms. The number of piperazine rings is 1. The van der Waals surface area contributed by atoms with Gasteiger partial charge in [-0.25, -0.2) is 12.8 Å². The van der Waals surface area contributed by atoms with Gasteiger partial charge in [-0.2, -0.15) is 4.72 Å². The maximum Gasteiger partial charge on any atom is 0.260 e. The first-order chi connectivity index (χ1) is 16.2. The van der Waals surface area contributed by atoms with Gasteiger partial charge in [0.15, 0.2) is 6.61 Å². The highest BCUT2D eigenvalue weighted by Crippen LogP contribution is 2.28. The Kier molecular flexibility index (Phi) is 8.44. The zero-order valence-corrected chi connectivity index (χ0v) is 21.7. The number of halogens is 2. The number of ether oxygens (including phenoxy) is 1. The van der Waals surface area contributed by atoms with Crippen molar-refractivity contribution < 1.29 is 27.4 Å². The second kappa shape index (κ2) is 10.8. The number of carbonyl (C=O) groups is 1. The van der Waals surface area contributed by atoms with Gasteiger partial charge in [-0.3, -0.25) is 9.69 Å². The van der Waals surface area contributed by atoms with Gasteiger partial charge in [-0.1, -0.05) is 23.7 Å². The summed E-state index contributed by atoms with van der Waals surface area (Å²) in [7, 11) is -4.17. The molecule has 192 valence electrons. The van der Waals surface area contributed by atoms with E-state index in [9.17, 15) is 22.7 Å². The molecule has 2 aromatic rings. The smallest absolute Gasteiger partial charge is 0.260 e. The Labute approximate surface area is 210 Å². The Hall–Kier alpha value is -2.24. The molecule has 0 bridgehead atoms. The van der Waals surface area contributed by atoms with Gasteiger partial charge in [0, 0.05) is 36.7 Å². The summed E-state index contributed by atoms with van der Waals surface area (Å²) in [5, 5.41) is 10.1. The summed E-state index contributed by atoms with van der Waals surface area (Å²) in [6, 6.07) is 10.4. The zero-order valence-electron chi connectivity index (χ0n) is 20.2. The summed E-state index contributed by atoms with van der Waals surface area (Å²) in [5.41, 5.74) is -0.711. The van der Waals surface area contributed by atoms with E-state index in [1.807, 2.05) is 13.8 Å². The SMILES string of the molecule is CC1CN(C(=O)COc2ccc(Cl)cc2S(=O)(=O)NC(C)(C)O)C(C)CN1Cc1ccc(F)cc1. The quantitative estimate of drug-likeness (QED) is 0.512. The molecule has 3 rings (SSSR count). The Morgan fingerprint density at radius 3 is 2.46 bits per heavy atom. The number of nitrogens with one attached hydrogen (secondary N) is 1. The first kappa shape index (κ1) is 27.3. The number of nitrogens with zero attached hydrogens (tertiary/aromatic N) is 2. The standard InChI is InChI=1S/C24H31ClFN3O5S/c1-16-13-29(17(2)12-28(16)14-18-5-8-20(26)9-6-18)23(30)15-34-21-10-7-19(25)11-22(21)35(32,33)27-24(3,4)31/h5-11,16-17,27,31H,12-15H2,1-4H3. The van der Waals surface area contributed by atoms with Crippen LogP contribution < -0.4 is 9.46 Å². The zero-order chi connectivity index (χ0) is 26.0. The van der Waals surface area contributed by atoms with Crippen LogP contribution in [0.25, 0.3) is 0 Å². The minimum Gasteiger partial charge on any atom is -0.482 e. The van der Waals surface area contributed by atoms with Crippen molar-refractivity contribution in [1.82, 2.24) is 14.5 Å². The summed E-state index contributed by atoms with van der Waals surface area (Å²) >= 11 is 5.98. The van der Waals surface area contributed by atoms with Gasteiger partial charge in [-0.15, -0.1) is 0 Å². The fourth-order valence-corrected chi connectivity index (χ4v) is 5.69. The van der Waals surface area contributed by atoms with Crippen LogP contribution in [0, 0.1) is 5.82 Å². The van der Waals surface area contributed by atoms with E-state index in [0.29, 0.717) is 19.6 Å². The third kappa shape index (κ3) is 7.37. The molecule has 11 heteroatoms. The van der Waals surface area contributed by atoms with Crippen LogP contribution in [-0.4, -0.2) is 66.7 Å². The van der Waals surface area contributed by atoms with E-state index >= 15 is 0 Å². The lowest BCUT2D eigenvalue weighted by Crippen LogP contribution is -2.58. The molecule has 2 aromatic carbocycles. The van der Waals surface area contributed by atoms with Crippen molar-refractivity contribution in [2.45, 2.75) is 56.9 Å². The normalized spacial score (nSPS) is 19.6. The van der Waals surface area contributed by atoms with Crippen LogP contribution in [0.15, 0.2) is 47.4 Å². The molecule has 1 heterocycles. The van der Waals surface area contributed by atoms with E-state index in [4.69, 9.17) is 16.3 Å². The van der Waals surface area contributed by atoms with E-state index < -0.39 is 15.7 Å². The molecule has 35 heavy (non-hydrogen) atoms. The number of benzene rings is 2. The second-order valence-electron chi connectivity index (χ2n) is 9.34. The number of sulfonamides is 1. The largest absolute Gasteiger partial charge is 0.482 e. The predicted octanol–water partition coefficient (Wildman–Crippen LogP) is 2.99. The van der Waals surface area contributed by atoms with Crippen molar-refractivity contribution in [1.29, 1.82) is 0 Å². The Morgan fingerprint density at radius 2 is 1.83 bits per heavy atom.